The lowest BCUT2D eigenvalue weighted by Crippen LogP contribution is -2.33. The number of fused-ring (bicyclic) bond motifs is 1. The summed E-state index contributed by atoms with van der Waals surface area (Å²) in [6, 6.07) is 10.4. The van der Waals surface area contributed by atoms with E-state index in [0.717, 1.165) is 58.3 Å². The molecule has 4 aromatic rings. The highest BCUT2D eigenvalue weighted by atomic mass is 19.2. The standard InChI is InChI=1S/C24H23F2N3O2/c1-13-24(14(2)31-28-13)16-5-7-22-21(10-16)27-23(29(22)17-11-18(12-17)30-3)9-15-4-6-19(25)20(26)8-15/h4-8,10,17-18H,9,11-12H2,1-3H3. The number of imidazole rings is 1. The average Bonchev–Trinajstić information content (AvgIpc) is 3.23. The van der Waals surface area contributed by atoms with Crippen molar-refractivity contribution >= 4 is 11.0 Å². The summed E-state index contributed by atoms with van der Waals surface area (Å²) < 4.78 is 40.2. The second kappa shape index (κ2) is 7.57. The van der Waals surface area contributed by atoms with Gasteiger partial charge in [-0.2, -0.15) is 0 Å². The molecule has 0 atom stereocenters. The fourth-order valence-corrected chi connectivity index (χ4v) is 4.50. The van der Waals surface area contributed by atoms with Crippen molar-refractivity contribution in [2.45, 2.75) is 45.3 Å². The van der Waals surface area contributed by atoms with Crippen molar-refractivity contribution in [3.05, 3.63) is 70.9 Å². The van der Waals surface area contributed by atoms with Crippen LogP contribution in [-0.4, -0.2) is 27.9 Å². The van der Waals surface area contributed by atoms with Gasteiger partial charge in [0.05, 0.1) is 22.8 Å². The van der Waals surface area contributed by atoms with Gasteiger partial charge in [-0.1, -0.05) is 17.3 Å². The van der Waals surface area contributed by atoms with Crippen molar-refractivity contribution in [1.82, 2.24) is 14.7 Å². The van der Waals surface area contributed by atoms with E-state index in [1.54, 1.807) is 13.2 Å². The predicted octanol–water partition coefficient (Wildman–Crippen LogP) is 5.53. The van der Waals surface area contributed by atoms with E-state index < -0.39 is 11.6 Å². The second-order valence-electron chi connectivity index (χ2n) is 8.21. The van der Waals surface area contributed by atoms with Crippen LogP contribution in [0.3, 0.4) is 0 Å². The summed E-state index contributed by atoms with van der Waals surface area (Å²) in [6.45, 7) is 3.81. The third-order valence-electron chi connectivity index (χ3n) is 6.20. The monoisotopic (exact) mass is 423 g/mol. The van der Waals surface area contributed by atoms with E-state index >= 15 is 0 Å². The zero-order chi connectivity index (χ0) is 21.7. The van der Waals surface area contributed by atoms with Crippen molar-refractivity contribution in [2.75, 3.05) is 7.11 Å². The molecule has 0 radical (unpaired) electrons. The minimum atomic E-state index is -0.844. The van der Waals surface area contributed by atoms with Gasteiger partial charge < -0.3 is 13.8 Å². The second-order valence-corrected chi connectivity index (χ2v) is 8.21. The Hall–Kier alpha value is -3.06. The number of ether oxygens (including phenoxy) is 1. The third kappa shape index (κ3) is 3.43. The molecule has 2 aromatic carbocycles. The van der Waals surface area contributed by atoms with E-state index in [4.69, 9.17) is 14.2 Å². The first-order valence-corrected chi connectivity index (χ1v) is 10.4. The summed E-state index contributed by atoms with van der Waals surface area (Å²) in [6.07, 6.45) is 2.46. The third-order valence-corrected chi connectivity index (χ3v) is 6.20. The molecule has 160 valence electrons. The molecule has 0 saturated heterocycles. The Kier molecular flexibility index (Phi) is 4.85. The van der Waals surface area contributed by atoms with Crippen LogP contribution in [0.15, 0.2) is 40.9 Å². The predicted molar refractivity (Wildman–Crippen MR) is 113 cm³/mol. The van der Waals surface area contributed by atoms with Crippen LogP contribution in [-0.2, 0) is 11.2 Å². The summed E-state index contributed by atoms with van der Waals surface area (Å²) in [7, 11) is 1.73. The van der Waals surface area contributed by atoms with Gasteiger partial charge in [0.1, 0.15) is 11.6 Å². The molecule has 0 spiro atoms. The number of aryl methyl sites for hydroxylation is 2. The Bertz CT molecular complexity index is 1250. The Morgan fingerprint density at radius 3 is 2.58 bits per heavy atom. The summed E-state index contributed by atoms with van der Waals surface area (Å²) in [5, 5.41) is 4.05. The Morgan fingerprint density at radius 1 is 1.10 bits per heavy atom. The molecule has 1 aliphatic carbocycles. The highest BCUT2D eigenvalue weighted by molar-refractivity contribution is 5.84. The van der Waals surface area contributed by atoms with Gasteiger partial charge >= 0.3 is 0 Å². The first-order chi connectivity index (χ1) is 14.9. The smallest absolute Gasteiger partial charge is 0.159 e. The maximum absolute atomic E-state index is 13.8. The largest absolute Gasteiger partial charge is 0.381 e. The molecule has 1 aliphatic rings. The molecule has 0 aliphatic heterocycles. The van der Waals surface area contributed by atoms with E-state index in [9.17, 15) is 8.78 Å². The maximum Gasteiger partial charge on any atom is 0.159 e. The highest BCUT2D eigenvalue weighted by Gasteiger charge is 2.33. The van der Waals surface area contributed by atoms with Crippen LogP contribution >= 0.6 is 0 Å². The van der Waals surface area contributed by atoms with Gasteiger partial charge in [-0.15, -0.1) is 0 Å². The van der Waals surface area contributed by atoms with Crippen LogP contribution in [0, 0.1) is 25.5 Å². The number of aromatic nitrogens is 3. The van der Waals surface area contributed by atoms with E-state index in [2.05, 4.69) is 21.9 Å². The molecule has 0 bridgehead atoms. The SMILES string of the molecule is COC1CC(n2c(Cc3ccc(F)c(F)c3)nc3cc(-c4c(C)noc4C)ccc32)C1. The van der Waals surface area contributed by atoms with Crippen molar-refractivity contribution in [3.63, 3.8) is 0 Å². The van der Waals surface area contributed by atoms with Gasteiger partial charge in [0.25, 0.3) is 0 Å². The molecule has 0 amide bonds. The van der Waals surface area contributed by atoms with Gasteiger partial charge in [-0.25, -0.2) is 13.8 Å². The Labute approximate surface area is 178 Å². The topological polar surface area (TPSA) is 53.1 Å². The Balaban J connectivity index is 1.59. The molecular weight excluding hydrogens is 400 g/mol. The lowest BCUT2D eigenvalue weighted by molar-refractivity contribution is 0.00667. The lowest BCUT2D eigenvalue weighted by atomic mass is 9.88. The fraction of sp³-hybridized carbons (Fsp3) is 0.333. The summed E-state index contributed by atoms with van der Waals surface area (Å²) in [4.78, 5) is 4.90. The molecule has 1 saturated carbocycles. The normalized spacial score (nSPS) is 18.5. The molecule has 5 rings (SSSR count). The summed E-state index contributed by atoms with van der Waals surface area (Å²) >= 11 is 0. The molecular formula is C24H23F2N3O2. The van der Waals surface area contributed by atoms with Gasteiger partial charge in [-0.05, 0) is 62.1 Å². The molecule has 5 nitrogen and oxygen atoms in total. The summed E-state index contributed by atoms with van der Waals surface area (Å²) in [5.41, 5.74) is 5.37. The molecule has 2 heterocycles. The van der Waals surface area contributed by atoms with Crippen LogP contribution < -0.4 is 0 Å². The number of hydrogen-bond donors (Lipinski definition) is 0. The molecule has 0 unspecified atom stereocenters. The van der Waals surface area contributed by atoms with Crippen LogP contribution in [0.4, 0.5) is 8.78 Å². The molecule has 2 aromatic heterocycles. The number of rotatable bonds is 5. The molecule has 31 heavy (non-hydrogen) atoms. The number of benzene rings is 2. The van der Waals surface area contributed by atoms with Gasteiger partial charge in [0.2, 0.25) is 0 Å². The van der Waals surface area contributed by atoms with Crippen LogP contribution in [0.2, 0.25) is 0 Å². The van der Waals surface area contributed by atoms with Crippen LogP contribution in [0.1, 0.15) is 41.7 Å². The maximum atomic E-state index is 13.8. The molecule has 0 N–H and O–H groups in total. The van der Waals surface area contributed by atoms with E-state index in [1.807, 2.05) is 19.9 Å². The fourth-order valence-electron chi connectivity index (χ4n) is 4.50. The number of methoxy groups -OCH3 is 1. The number of nitrogens with zero attached hydrogens (tertiary/aromatic N) is 3. The summed E-state index contributed by atoms with van der Waals surface area (Å²) in [5.74, 6) is -0.0936. The van der Waals surface area contributed by atoms with Gasteiger partial charge in [0.15, 0.2) is 11.6 Å². The van der Waals surface area contributed by atoms with E-state index in [-0.39, 0.29) is 12.1 Å². The van der Waals surface area contributed by atoms with Crippen LogP contribution in [0.25, 0.3) is 22.2 Å². The highest BCUT2D eigenvalue weighted by Crippen LogP contribution is 2.39. The van der Waals surface area contributed by atoms with Crippen molar-refractivity contribution in [1.29, 1.82) is 0 Å². The van der Waals surface area contributed by atoms with E-state index in [1.165, 1.54) is 6.07 Å². The zero-order valence-corrected chi connectivity index (χ0v) is 17.7. The number of hydrogen-bond acceptors (Lipinski definition) is 4. The Morgan fingerprint density at radius 2 is 1.90 bits per heavy atom. The van der Waals surface area contributed by atoms with E-state index in [0.29, 0.717) is 12.0 Å². The van der Waals surface area contributed by atoms with Crippen molar-refractivity contribution in [3.8, 4) is 11.1 Å². The van der Waals surface area contributed by atoms with Crippen molar-refractivity contribution in [2.24, 2.45) is 0 Å². The first-order valence-electron chi connectivity index (χ1n) is 10.4. The molecule has 7 heteroatoms. The zero-order valence-electron chi connectivity index (χ0n) is 17.7. The van der Waals surface area contributed by atoms with Crippen molar-refractivity contribution < 1.29 is 18.0 Å². The van der Waals surface area contributed by atoms with Gasteiger partial charge in [0, 0.05) is 25.1 Å². The minimum absolute atomic E-state index is 0.236. The quantitative estimate of drug-likeness (QED) is 0.424. The van der Waals surface area contributed by atoms with Gasteiger partial charge in [-0.3, -0.25) is 0 Å². The average molecular weight is 423 g/mol. The molecule has 1 fully saturated rings. The minimum Gasteiger partial charge on any atom is -0.381 e. The van der Waals surface area contributed by atoms with Crippen LogP contribution in [0.5, 0.6) is 0 Å². The number of halogens is 2. The lowest BCUT2D eigenvalue weighted by Gasteiger charge is -2.36. The first kappa shape index (κ1) is 19.9.